The summed E-state index contributed by atoms with van der Waals surface area (Å²) in [7, 11) is 1.63. The van der Waals surface area contributed by atoms with Crippen molar-refractivity contribution < 1.29 is 9.53 Å². The fourth-order valence-electron chi connectivity index (χ4n) is 2.21. The highest BCUT2D eigenvalue weighted by atomic mass is 16.5. The van der Waals surface area contributed by atoms with Crippen molar-refractivity contribution in [2.75, 3.05) is 13.7 Å². The van der Waals surface area contributed by atoms with Crippen molar-refractivity contribution in [3.63, 3.8) is 0 Å². The third-order valence-corrected chi connectivity index (χ3v) is 3.34. The summed E-state index contributed by atoms with van der Waals surface area (Å²) in [5.74, 6) is 0.853. The van der Waals surface area contributed by atoms with Gasteiger partial charge in [-0.1, -0.05) is 42.0 Å². The van der Waals surface area contributed by atoms with Gasteiger partial charge in [-0.2, -0.15) is 0 Å². The van der Waals surface area contributed by atoms with Crippen molar-refractivity contribution in [3.8, 4) is 5.75 Å². The maximum Gasteiger partial charge on any atom is 0.224 e. The quantitative estimate of drug-likeness (QED) is 0.885. The van der Waals surface area contributed by atoms with Crippen molar-refractivity contribution in [3.05, 3.63) is 65.2 Å². The van der Waals surface area contributed by atoms with E-state index in [-0.39, 0.29) is 5.91 Å². The van der Waals surface area contributed by atoms with Gasteiger partial charge in [0.1, 0.15) is 5.75 Å². The lowest BCUT2D eigenvalue weighted by Gasteiger charge is -2.07. The third kappa shape index (κ3) is 4.95. The molecule has 0 unspecified atom stereocenters. The molecule has 2 rings (SSSR count). The van der Waals surface area contributed by atoms with Gasteiger partial charge in [0.25, 0.3) is 0 Å². The van der Waals surface area contributed by atoms with Gasteiger partial charge in [-0.3, -0.25) is 4.79 Å². The van der Waals surface area contributed by atoms with Crippen LogP contribution in [0.1, 0.15) is 16.7 Å². The molecule has 110 valence electrons. The zero-order chi connectivity index (χ0) is 15.1. The largest absolute Gasteiger partial charge is 0.497 e. The average molecular weight is 283 g/mol. The molecular formula is C18H21NO2. The number of benzene rings is 2. The van der Waals surface area contributed by atoms with Crippen molar-refractivity contribution in [2.24, 2.45) is 0 Å². The number of carbonyl (C=O) groups is 1. The van der Waals surface area contributed by atoms with Gasteiger partial charge >= 0.3 is 0 Å². The number of hydrogen-bond acceptors (Lipinski definition) is 2. The normalized spacial score (nSPS) is 10.2. The SMILES string of the molecule is COc1ccc(CC(=O)NCCc2cccc(C)c2)cc1. The molecule has 0 heterocycles. The maximum absolute atomic E-state index is 11.9. The van der Waals surface area contributed by atoms with Crippen molar-refractivity contribution in [1.29, 1.82) is 0 Å². The maximum atomic E-state index is 11.9. The molecule has 0 fully saturated rings. The lowest BCUT2D eigenvalue weighted by Crippen LogP contribution is -2.27. The Morgan fingerprint density at radius 3 is 2.52 bits per heavy atom. The van der Waals surface area contributed by atoms with Gasteiger partial charge in [-0.05, 0) is 36.6 Å². The minimum atomic E-state index is 0.0489. The van der Waals surface area contributed by atoms with Crippen LogP contribution in [0.15, 0.2) is 48.5 Å². The van der Waals surface area contributed by atoms with Crippen LogP contribution in [-0.2, 0) is 17.6 Å². The van der Waals surface area contributed by atoms with E-state index in [1.54, 1.807) is 7.11 Å². The third-order valence-electron chi connectivity index (χ3n) is 3.34. The van der Waals surface area contributed by atoms with Crippen LogP contribution in [0.25, 0.3) is 0 Å². The highest BCUT2D eigenvalue weighted by Gasteiger charge is 2.03. The van der Waals surface area contributed by atoms with E-state index in [4.69, 9.17) is 4.74 Å². The zero-order valence-electron chi connectivity index (χ0n) is 12.6. The minimum Gasteiger partial charge on any atom is -0.497 e. The fraction of sp³-hybridized carbons (Fsp3) is 0.278. The van der Waals surface area contributed by atoms with Gasteiger partial charge in [-0.15, -0.1) is 0 Å². The number of hydrogen-bond donors (Lipinski definition) is 1. The fourth-order valence-corrected chi connectivity index (χ4v) is 2.21. The first-order chi connectivity index (χ1) is 10.2. The van der Waals surface area contributed by atoms with Crippen molar-refractivity contribution in [2.45, 2.75) is 19.8 Å². The first-order valence-corrected chi connectivity index (χ1v) is 7.12. The number of nitrogens with one attached hydrogen (secondary N) is 1. The number of aryl methyl sites for hydroxylation is 1. The van der Waals surface area contributed by atoms with Gasteiger partial charge < -0.3 is 10.1 Å². The Kier molecular flexibility index (Phi) is 5.38. The van der Waals surface area contributed by atoms with Gasteiger partial charge in [-0.25, -0.2) is 0 Å². The first-order valence-electron chi connectivity index (χ1n) is 7.12. The monoisotopic (exact) mass is 283 g/mol. The minimum absolute atomic E-state index is 0.0489. The van der Waals surface area contributed by atoms with E-state index in [1.807, 2.05) is 30.3 Å². The molecule has 0 aliphatic rings. The van der Waals surface area contributed by atoms with E-state index < -0.39 is 0 Å². The molecule has 0 atom stereocenters. The summed E-state index contributed by atoms with van der Waals surface area (Å²) in [5.41, 5.74) is 3.49. The van der Waals surface area contributed by atoms with Gasteiger partial charge in [0.15, 0.2) is 0 Å². The Hall–Kier alpha value is -2.29. The summed E-state index contributed by atoms with van der Waals surface area (Å²) in [4.78, 5) is 11.9. The summed E-state index contributed by atoms with van der Waals surface area (Å²) in [6.07, 6.45) is 1.26. The highest BCUT2D eigenvalue weighted by molar-refractivity contribution is 5.78. The van der Waals surface area contributed by atoms with Crippen LogP contribution < -0.4 is 10.1 Å². The van der Waals surface area contributed by atoms with E-state index in [2.05, 4.69) is 30.4 Å². The molecule has 2 aromatic carbocycles. The Balaban J connectivity index is 1.76. The molecule has 0 saturated heterocycles. The van der Waals surface area contributed by atoms with Crippen LogP contribution >= 0.6 is 0 Å². The molecule has 21 heavy (non-hydrogen) atoms. The van der Waals surface area contributed by atoms with Gasteiger partial charge in [0, 0.05) is 6.54 Å². The Morgan fingerprint density at radius 1 is 1.10 bits per heavy atom. The van der Waals surface area contributed by atoms with Gasteiger partial charge in [0.05, 0.1) is 13.5 Å². The summed E-state index contributed by atoms with van der Waals surface area (Å²) < 4.78 is 5.10. The second kappa shape index (κ2) is 7.48. The van der Waals surface area contributed by atoms with E-state index in [0.717, 1.165) is 17.7 Å². The smallest absolute Gasteiger partial charge is 0.224 e. The Morgan fingerprint density at radius 2 is 1.86 bits per heavy atom. The summed E-state index contributed by atoms with van der Waals surface area (Å²) in [5, 5.41) is 2.96. The predicted molar refractivity (Wildman–Crippen MR) is 84.6 cm³/mol. The molecule has 0 spiro atoms. The van der Waals surface area contributed by atoms with Crippen LogP contribution in [0.4, 0.5) is 0 Å². The molecule has 0 aromatic heterocycles. The van der Waals surface area contributed by atoms with Crippen molar-refractivity contribution in [1.82, 2.24) is 5.32 Å². The van der Waals surface area contributed by atoms with Crippen LogP contribution in [-0.4, -0.2) is 19.6 Å². The number of amides is 1. The van der Waals surface area contributed by atoms with Crippen LogP contribution in [0.5, 0.6) is 5.75 Å². The predicted octanol–water partition coefficient (Wildman–Crippen LogP) is 2.91. The molecule has 1 N–H and O–H groups in total. The van der Waals surface area contributed by atoms with Gasteiger partial charge in [0.2, 0.25) is 5.91 Å². The molecular weight excluding hydrogens is 262 g/mol. The molecule has 0 bridgehead atoms. The van der Waals surface area contributed by atoms with Crippen LogP contribution in [0, 0.1) is 6.92 Å². The molecule has 0 aliphatic heterocycles. The second-order valence-corrected chi connectivity index (χ2v) is 5.11. The van der Waals surface area contributed by atoms with E-state index in [0.29, 0.717) is 13.0 Å². The molecule has 3 nitrogen and oxygen atoms in total. The zero-order valence-corrected chi connectivity index (χ0v) is 12.6. The Bertz CT molecular complexity index is 590. The number of ether oxygens (including phenoxy) is 1. The molecule has 3 heteroatoms. The first kappa shape index (κ1) is 15.1. The molecule has 1 amide bonds. The Labute approximate surface area is 126 Å². The topological polar surface area (TPSA) is 38.3 Å². The number of rotatable bonds is 6. The number of methoxy groups -OCH3 is 1. The summed E-state index contributed by atoms with van der Waals surface area (Å²) in [6, 6.07) is 15.9. The second-order valence-electron chi connectivity index (χ2n) is 5.11. The molecule has 2 aromatic rings. The van der Waals surface area contributed by atoms with Crippen LogP contribution in [0.3, 0.4) is 0 Å². The van der Waals surface area contributed by atoms with E-state index in [9.17, 15) is 4.79 Å². The molecule has 0 saturated carbocycles. The average Bonchev–Trinajstić information content (AvgIpc) is 2.48. The molecule has 0 radical (unpaired) electrons. The standard InChI is InChI=1S/C18H21NO2/c1-14-4-3-5-15(12-14)10-11-19-18(20)13-16-6-8-17(21-2)9-7-16/h3-9,12H,10-11,13H2,1-2H3,(H,19,20). The van der Waals surface area contributed by atoms with Crippen LogP contribution in [0.2, 0.25) is 0 Å². The van der Waals surface area contributed by atoms with E-state index in [1.165, 1.54) is 11.1 Å². The van der Waals surface area contributed by atoms with Crippen molar-refractivity contribution >= 4 is 5.91 Å². The lowest BCUT2D eigenvalue weighted by atomic mass is 10.1. The summed E-state index contributed by atoms with van der Waals surface area (Å²) in [6.45, 7) is 2.74. The highest BCUT2D eigenvalue weighted by Crippen LogP contribution is 2.11. The lowest BCUT2D eigenvalue weighted by molar-refractivity contribution is -0.120. The number of carbonyl (C=O) groups excluding carboxylic acids is 1. The summed E-state index contributed by atoms with van der Waals surface area (Å²) >= 11 is 0. The molecule has 0 aliphatic carbocycles. The van der Waals surface area contributed by atoms with E-state index >= 15 is 0 Å².